The van der Waals surface area contributed by atoms with Gasteiger partial charge in [-0.2, -0.15) is 0 Å². The lowest BCUT2D eigenvalue weighted by Gasteiger charge is -2.23. The highest BCUT2D eigenvalue weighted by Gasteiger charge is 2.30. The van der Waals surface area contributed by atoms with Gasteiger partial charge in [-0.25, -0.2) is 9.97 Å². The van der Waals surface area contributed by atoms with Crippen LogP contribution in [0.25, 0.3) is 11.1 Å². The van der Waals surface area contributed by atoms with E-state index < -0.39 is 0 Å². The molecule has 0 radical (unpaired) electrons. The third-order valence-electron chi connectivity index (χ3n) is 3.82. The first-order valence-corrected chi connectivity index (χ1v) is 7.29. The fourth-order valence-electron chi connectivity index (χ4n) is 2.52. The number of ether oxygens (including phenoxy) is 1. The van der Waals surface area contributed by atoms with E-state index in [9.17, 15) is 4.79 Å². The Kier molecular flexibility index (Phi) is 4.11. The number of hydrogen-bond acceptors (Lipinski definition) is 5. The molecule has 0 aromatic carbocycles. The number of amides is 1. The lowest BCUT2D eigenvalue weighted by molar-refractivity contribution is 0.0206. The van der Waals surface area contributed by atoms with Crippen molar-refractivity contribution in [3.63, 3.8) is 0 Å². The van der Waals surface area contributed by atoms with E-state index in [2.05, 4.69) is 20.3 Å². The molecule has 22 heavy (non-hydrogen) atoms. The number of pyridine rings is 1. The van der Waals surface area contributed by atoms with Crippen LogP contribution in [0, 0.1) is 0 Å². The maximum absolute atomic E-state index is 12.3. The summed E-state index contributed by atoms with van der Waals surface area (Å²) in [4.78, 5) is 24.4. The maximum atomic E-state index is 12.3. The first-order chi connectivity index (χ1) is 10.7. The first-order valence-electron chi connectivity index (χ1n) is 7.29. The third-order valence-corrected chi connectivity index (χ3v) is 3.82. The smallest absolute Gasteiger partial charge is 0.252 e. The largest absolute Gasteiger partial charge is 0.373 e. The molecule has 0 aliphatic carbocycles. The molecule has 6 nitrogen and oxygen atoms in total. The van der Waals surface area contributed by atoms with Crippen molar-refractivity contribution in [1.82, 2.24) is 20.3 Å². The Hall–Kier alpha value is -2.34. The Labute approximate surface area is 129 Å². The van der Waals surface area contributed by atoms with Crippen molar-refractivity contribution < 1.29 is 9.53 Å². The minimum absolute atomic E-state index is 0.150. The summed E-state index contributed by atoms with van der Waals surface area (Å²) >= 11 is 0. The summed E-state index contributed by atoms with van der Waals surface area (Å²) in [5, 5.41) is 2.92. The average Bonchev–Trinajstić information content (AvgIpc) is 3.01. The fourth-order valence-corrected chi connectivity index (χ4v) is 2.52. The van der Waals surface area contributed by atoms with E-state index in [1.807, 2.05) is 6.92 Å². The quantitative estimate of drug-likeness (QED) is 0.932. The molecular formula is C16H18N4O2. The normalized spacial score (nSPS) is 20.8. The van der Waals surface area contributed by atoms with Crippen LogP contribution in [-0.4, -0.2) is 39.6 Å². The summed E-state index contributed by atoms with van der Waals surface area (Å²) in [6.45, 7) is 3.29. The zero-order valence-corrected chi connectivity index (χ0v) is 12.5. The zero-order chi connectivity index (χ0) is 15.4. The van der Waals surface area contributed by atoms with Gasteiger partial charge in [-0.1, -0.05) is 0 Å². The second-order valence-corrected chi connectivity index (χ2v) is 5.67. The van der Waals surface area contributed by atoms with Gasteiger partial charge in [0, 0.05) is 49.1 Å². The number of aromatic nitrogens is 3. The van der Waals surface area contributed by atoms with Gasteiger partial charge in [-0.05, 0) is 25.8 Å². The van der Waals surface area contributed by atoms with Gasteiger partial charge in [0.05, 0.1) is 11.2 Å². The minimum Gasteiger partial charge on any atom is -0.373 e. The number of rotatable bonds is 4. The fraction of sp³-hybridized carbons (Fsp3) is 0.375. The Morgan fingerprint density at radius 2 is 2.00 bits per heavy atom. The number of nitrogens with zero attached hydrogens (tertiary/aromatic N) is 3. The van der Waals surface area contributed by atoms with Gasteiger partial charge < -0.3 is 10.1 Å². The maximum Gasteiger partial charge on any atom is 0.252 e. The molecule has 1 amide bonds. The molecule has 1 saturated heterocycles. The molecule has 0 spiro atoms. The van der Waals surface area contributed by atoms with Gasteiger partial charge in [-0.3, -0.25) is 9.78 Å². The summed E-state index contributed by atoms with van der Waals surface area (Å²) in [6.07, 6.45) is 10.1. The van der Waals surface area contributed by atoms with E-state index in [4.69, 9.17) is 4.74 Å². The number of nitrogens with one attached hydrogen (secondary N) is 1. The van der Waals surface area contributed by atoms with Crippen LogP contribution in [-0.2, 0) is 4.74 Å². The molecule has 114 valence electrons. The second-order valence-electron chi connectivity index (χ2n) is 5.67. The monoisotopic (exact) mass is 298 g/mol. The van der Waals surface area contributed by atoms with Crippen molar-refractivity contribution in [1.29, 1.82) is 0 Å². The Morgan fingerprint density at radius 3 is 2.73 bits per heavy atom. The van der Waals surface area contributed by atoms with Gasteiger partial charge in [-0.15, -0.1) is 0 Å². The molecular weight excluding hydrogens is 280 g/mol. The molecule has 1 N–H and O–H groups in total. The van der Waals surface area contributed by atoms with E-state index in [1.165, 1.54) is 6.33 Å². The van der Waals surface area contributed by atoms with Crippen molar-refractivity contribution in [3.8, 4) is 11.1 Å². The van der Waals surface area contributed by atoms with Crippen LogP contribution in [0.4, 0.5) is 0 Å². The topological polar surface area (TPSA) is 77.0 Å². The molecule has 0 saturated carbocycles. The molecule has 2 aromatic heterocycles. The van der Waals surface area contributed by atoms with E-state index in [1.54, 1.807) is 30.9 Å². The van der Waals surface area contributed by atoms with Gasteiger partial charge in [0.25, 0.3) is 5.91 Å². The van der Waals surface area contributed by atoms with Crippen LogP contribution in [0.3, 0.4) is 0 Å². The van der Waals surface area contributed by atoms with Crippen LogP contribution in [0.1, 0.15) is 30.1 Å². The van der Waals surface area contributed by atoms with Crippen LogP contribution in [0.5, 0.6) is 0 Å². The van der Waals surface area contributed by atoms with Crippen molar-refractivity contribution in [2.24, 2.45) is 0 Å². The van der Waals surface area contributed by atoms with Gasteiger partial charge in [0.2, 0.25) is 0 Å². The lowest BCUT2D eigenvalue weighted by Crippen LogP contribution is -2.40. The molecule has 3 heterocycles. The number of carbonyl (C=O) groups is 1. The molecule has 1 atom stereocenters. The van der Waals surface area contributed by atoms with Gasteiger partial charge >= 0.3 is 0 Å². The average molecular weight is 298 g/mol. The molecule has 6 heteroatoms. The molecule has 0 unspecified atom stereocenters. The third kappa shape index (κ3) is 3.28. The number of hydrogen-bond donors (Lipinski definition) is 1. The van der Waals surface area contributed by atoms with Crippen molar-refractivity contribution in [3.05, 3.63) is 42.7 Å². The summed E-state index contributed by atoms with van der Waals surface area (Å²) < 4.78 is 5.67. The van der Waals surface area contributed by atoms with E-state index in [-0.39, 0.29) is 11.5 Å². The lowest BCUT2D eigenvalue weighted by atomic mass is 10.0. The highest BCUT2D eigenvalue weighted by molar-refractivity contribution is 5.95. The molecule has 1 aliphatic heterocycles. The van der Waals surface area contributed by atoms with E-state index in [0.29, 0.717) is 12.1 Å². The Morgan fingerprint density at radius 1 is 1.23 bits per heavy atom. The van der Waals surface area contributed by atoms with Crippen molar-refractivity contribution in [2.45, 2.75) is 25.4 Å². The summed E-state index contributed by atoms with van der Waals surface area (Å²) in [6, 6.07) is 1.79. The van der Waals surface area contributed by atoms with Crippen molar-refractivity contribution in [2.75, 3.05) is 13.2 Å². The van der Waals surface area contributed by atoms with Crippen LogP contribution in [0.2, 0.25) is 0 Å². The summed E-state index contributed by atoms with van der Waals surface area (Å²) in [5.74, 6) is -0.150. The van der Waals surface area contributed by atoms with Crippen LogP contribution >= 0.6 is 0 Å². The SMILES string of the molecule is C[C@]1(CNC(=O)c2cncc(-c3cncnc3)c2)CCCO1. The van der Waals surface area contributed by atoms with Gasteiger partial charge in [0.15, 0.2) is 0 Å². The molecule has 1 fully saturated rings. The minimum atomic E-state index is -0.256. The number of carbonyl (C=O) groups excluding carboxylic acids is 1. The van der Waals surface area contributed by atoms with E-state index in [0.717, 1.165) is 30.6 Å². The standard InChI is InChI=1S/C16H18N4O2/c1-16(3-2-4-22-16)10-20-15(21)13-5-12(6-17-7-13)14-8-18-11-19-9-14/h5-9,11H,2-4,10H2,1H3,(H,20,21)/t16-/m1/s1. The van der Waals surface area contributed by atoms with Gasteiger partial charge in [0.1, 0.15) is 6.33 Å². The Bertz CT molecular complexity index is 654. The molecule has 0 bridgehead atoms. The van der Waals surface area contributed by atoms with E-state index >= 15 is 0 Å². The first kappa shape index (κ1) is 14.6. The summed E-state index contributed by atoms with van der Waals surface area (Å²) in [5.41, 5.74) is 1.91. The molecule has 1 aliphatic rings. The zero-order valence-electron chi connectivity index (χ0n) is 12.5. The summed E-state index contributed by atoms with van der Waals surface area (Å²) in [7, 11) is 0. The Balaban J connectivity index is 1.70. The highest BCUT2D eigenvalue weighted by atomic mass is 16.5. The van der Waals surface area contributed by atoms with Crippen LogP contribution in [0.15, 0.2) is 37.2 Å². The van der Waals surface area contributed by atoms with Crippen LogP contribution < -0.4 is 5.32 Å². The predicted octanol–water partition coefficient (Wildman–Crippen LogP) is 1.84. The predicted molar refractivity (Wildman–Crippen MR) is 81.2 cm³/mol. The molecule has 3 rings (SSSR count). The second kappa shape index (κ2) is 6.19. The van der Waals surface area contributed by atoms with Crippen molar-refractivity contribution >= 4 is 5.91 Å². The highest BCUT2D eigenvalue weighted by Crippen LogP contribution is 2.24. The molecule has 2 aromatic rings.